The Kier molecular flexibility index (Phi) is 5.85. The van der Waals surface area contributed by atoms with E-state index in [1.54, 1.807) is 84.9 Å². The van der Waals surface area contributed by atoms with Crippen LogP contribution in [0.5, 0.6) is 11.5 Å². The van der Waals surface area contributed by atoms with Crippen LogP contribution in [0.3, 0.4) is 0 Å². The summed E-state index contributed by atoms with van der Waals surface area (Å²) in [7, 11) is 0. The Morgan fingerprint density at radius 1 is 0.794 bits per heavy atom. The lowest BCUT2D eigenvalue weighted by molar-refractivity contribution is 0.102. The monoisotopic (exact) mass is 467 g/mol. The number of ether oxygens (including phenoxy) is 1. The predicted octanol–water partition coefficient (Wildman–Crippen LogP) is 7.16. The lowest BCUT2D eigenvalue weighted by Gasteiger charge is -2.09. The third kappa shape index (κ3) is 4.70. The number of anilines is 1. The summed E-state index contributed by atoms with van der Waals surface area (Å²) in [4.78, 5) is 25.3. The zero-order valence-electron chi connectivity index (χ0n) is 17.8. The fraction of sp³-hybridized carbons (Fsp3) is 0. The minimum absolute atomic E-state index is 0.293. The minimum Gasteiger partial charge on any atom is -0.457 e. The highest BCUT2D eigenvalue weighted by Gasteiger charge is 2.12. The fourth-order valence-corrected chi connectivity index (χ4v) is 3.67. The summed E-state index contributed by atoms with van der Waals surface area (Å²) in [6.45, 7) is 0. The van der Waals surface area contributed by atoms with Gasteiger partial charge in [-0.1, -0.05) is 41.9 Å². The van der Waals surface area contributed by atoms with Gasteiger partial charge < -0.3 is 14.5 Å². The second kappa shape index (κ2) is 9.25. The molecule has 4 aromatic carbocycles. The number of nitrogens with one attached hydrogen (secondary N) is 1. The molecule has 5 rings (SSSR count). The first kappa shape index (κ1) is 21.5. The second-order valence-electron chi connectivity index (χ2n) is 7.60. The molecule has 0 bridgehead atoms. The van der Waals surface area contributed by atoms with Crippen LogP contribution in [-0.4, -0.2) is 5.91 Å². The van der Waals surface area contributed by atoms with Gasteiger partial charge in [-0.05, 0) is 78.4 Å². The molecule has 0 aliphatic carbocycles. The van der Waals surface area contributed by atoms with Crippen LogP contribution in [0.2, 0.25) is 5.02 Å². The lowest BCUT2D eigenvalue weighted by atomic mass is 10.0. The molecule has 0 spiro atoms. The van der Waals surface area contributed by atoms with E-state index in [9.17, 15) is 9.59 Å². The van der Waals surface area contributed by atoms with Gasteiger partial charge in [-0.2, -0.15) is 0 Å². The van der Waals surface area contributed by atoms with E-state index in [4.69, 9.17) is 20.8 Å². The zero-order chi connectivity index (χ0) is 23.5. The normalized spacial score (nSPS) is 10.7. The molecule has 1 N–H and O–H groups in total. The average molecular weight is 468 g/mol. The van der Waals surface area contributed by atoms with Crippen molar-refractivity contribution in [2.75, 3.05) is 5.32 Å². The Labute approximate surface area is 200 Å². The molecule has 0 saturated heterocycles. The Balaban J connectivity index is 1.33. The molecule has 34 heavy (non-hydrogen) atoms. The first-order valence-electron chi connectivity index (χ1n) is 10.5. The zero-order valence-corrected chi connectivity index (χ0v) is 18.6. The van der Waals surface area contributed by atoms with E-state index in [-0.39, 0.29) is 5.91 Å². The topological polar surface area (TPSA) is 68.5 Å². The molecular formula is C28H18ClNO4. The molecule has 0 aliphatic heterocycles. The van der Waals surface area contributed by atoms with Gasteiger partial charge in [0.15, 0.2) is 0 Å². The van der Waals surface area contributed by atoms with Crippen LogP contribution in [0.4, 0.5) is 5.69 Å². The molecule has 6 heteroatoms. The molecule has 1 aromatic heterocycles. The van der Waals surface area contributed by atoms with Crippen LogP contribution in [0.15, 0.2) is 112 Å². The molecule has 166 valence electrons. The summed E-state index contributed by atoms with van der Waals surface area (Å²) in [6, 6.07) is 30.1. The van der Waals surface area contributed by atoms with Crippen molar-refractivity contribution in [3.05, 3.63) is 124 Å². The number of hydrogen-bond donors (Lipinski definition) is 1. The van der Waals surface area contributed by atoms with Gasteiger partial charge in [-0.25, -0.2) is 4.79 Å². The molecule has 0 aliphatic rings. The molecule has 5 nitrogen and oxygen atoms in total. The van der Waals surface area contributed by atoms with E-state index in [0.717, 1.165) is 5.39 Å². The van der Waals surface area contributed by atoms with Crippen molar-refractivity contribution in [3.63, 3.8) is 0 Å². The summed E-state index contributed by atoms with van der Waals surface area (Å²) in [5.74, 6) is 1.000. The van der Waals surface area contributed by atoms with Gasteiger partial charge in [0.1, 0.15) is 17.1 Å². The number of benzene rings is 4. The van der Waals surface area contributed by atoms with Crippen molar-refractivity contribution in [1.82, 2.24) is 0 Å². The highest BCUT2D eigenvalue weighted by atomic mass is 35.5. The van der Waals surface area contributed by atoms with E-state index < -0.39 is 5.63 Å². The molecule has 0 saturated carbocycles. The van der Waals surface area contributed by atoms with Crippen LogP contribution in [0.1, 0.15) is 10.4 Å². The molecule has 0 unspecified atom stereocenters. The maximum absolute atomic E-state index is 12.8. The number of rotatable bonds is 5. The standard InChI is InChI=1S/C28H18ClNO4/c29-21-8-12-23(13-9-21)33-24-14-10-22(11-15-24)30-27(31)20-6-3-5-18(16-20)25-17-19-4-1-2-7-26(19)34-28(25)32/h1-17H,(H,30,31). The summed E-state index contributed by atoms with van der Waals surface area (Å²) < 4.78 is 11.2. The number of carbonyl (C=O) groups excluding carboxylic acids is 1. The van der Waals surface area contributed by atoms with Crippen LogP contribution in [0, 0.1) is 0 Å². The summed E-state index contributed by atoms with van der Waals surface area (Å²) in [6.07, 6.45) is 0. The highest BCUT2D eigenvalue weighted by molar-refractivity contribution is 6.30. The van der Waals surface area contributed by atoms with Gasteiger partial charge in [0.05, 0.1) is 5.56 Å². The molecule has 0 fully saturated rings. The highest BCUT2D eigenvalue weighted by Crippen LogP contribution is 2.25. The fourth-order valence-electron chi connectivity index (χ4n) is 3.54. The van der Waals surface area contributed by atoms with Crippen molar-refractivity contribution in [2.45, 2.75) is 0 Å². The van der Waals surface area contributed by atoms with Gasteiger partial charge in [-0.3, -0.25) is 4.79 Å². The van der Waals surface area contributed by atoms with Crippen LogP contribution < -0.4 is 15.7 Å². The smallest absolute Gasteiger partial charge is 0.344 e. The van der Waals surface area contributed by atoms with Crippen LogP contribution in [0.25, 0.3) is 22.1 Å². The molecule has 1 heterocycles. The first-order chi connectivity index (χ1) is 16.5. The predicted molar refractivity (Wildman–Crippen MR) is 134 cm³/mol. The molecule has 1 amide bonds. The molecule has 0 radical (unpaired) electrons. The van der Waals surface area contributed by atoms with Gasteiger partial charge in [0, 0.05) is 21.7 Å². The van der Waals surface area contributed by atoms with Gasteiger partial charge in [-0.15, -0.1) is 0 Å². The maximum Gasteiger partial charge on any atom is 0.344 e. The Morgan fingerprint density at radius 2 is 1.50 bits per heavy atom. The summed E-state index contributed by atoms with van der Waals surface area (Å²) in [5, 5.41) is 4.31. The number of amides is 1. The van der Waals surface area contributed by atoms with Crippen molar-refractivity contribution in [2.24, 2.45) is 0 Å². The van der Waals surface area contributed by atoms with Gasteiger partial charge >= 0.3 is 5.63 Å². The average Bonchev–Trinajstić information content (AvgIpc) is 2.86. The van der Waals surface area contributed by atoms with Crippen LogP contribution in [-0.2, 0) is 0 Å². The van der Waals surface area contributed by atoms with E-state index >= 15 is 0 Å². The van der Waals surface area contributed by atoms with Crippen molar-refractivity contribution < 1.29 is 13.9 Å². The van der Waals surface area contributed by atoms with E-state index in [1.165, 1.54) is 0 Å². The Bertz CT molecular complexity index is 1540. The Morgan fingerprint density at radius 3 is 2.26 bits per heavy atom. The maximum atomic E-state index is 12.8. The number of para-hydroxylation sites is 1. The van der Waals surface area contributed by atoms with E-state index in [0.29, 0.717) is 44.5 Å². The van der Waals surface area contributed by atoms with Crippen LogP contribution >= 0.6 is 11.6 Å². The second-order valence-corrected chi connectivity index (χ2v) is 8.04. The number of hydrogen-bond acceptors (Lipinski definition) is 4. The number of halogens is 1. The third-order valence-corrected chi connectivity index (χ3v) is 5.49. The lowest BCUT2D eigenvalue weighted by Crippen LogP contribution is -2.12. The summed E-state index contributed by atoms with van der Waals surface area (Å²) >= 11 is 5.89. The van der Waals surface area contributed by atoms with Crippen molar-refractivity contribution >= 4 is 34.2 Å². The molecular weight excluding hydrogens is 450 g/mol. The van der Waals surface area contributed by atoms with Crippen molar-refractivity contribution in [3.8, 4) is 22.6 Å². The van der Waals surface area contributed by atoms with Crippen molar-refractivity contribution in [1.29, 1.82) is 0 Å². The quantitative estimate of drug-likeness (QED) is 0.278. The van der Waals surface area contributed by atoms with E-state index in [2.05, 4.69) is 5.32 Å². The Hall–Kier alpha value is -4.35. The minimum atomic E-state index is -0.451. The molecule has 0 atom stereocenters. The SMILES string of the molecule is O=C(Nc1ccc(Oc2ccc(Cl)cc2)cc1)c1cccc(-c2cc3ccccc3oc2=O)c1. The first-order valence-corrected chi connectivity index (χ1v) is 10.9. The number of carbonyl (C=O) groups is 1. The molecule has 5 aromatic rings. The largest absolute Gasteiger partial charge is 0.457 e. The van der Waals surface area contributed by atoms with Gasteiger partial charge in [0.25, 0.3) is 5.91 Å². The van der Waals surface area contributed by atoms with Gasteiger partial charge in [0.2, 0.25) is 0 Å². The van der Waals surface area contributed by atoms with E-state index in [1.807, 2.05) is 18.2 Å². The summed E-state index contributed by atoms with van der Waals surface area (Å²) in [5.41, 5.74) is 2.12. The number of fused-ring (bicyclic) bond motifs is 1. The third-order valence-electron chi connectivity index (χ3n) is 5.24.